The Hall–Kier alpha value is -0.380. The minimum absolute atomic E-state index is 0.625. The van der Waals surface area contributed by atoms with Crippen LogP contribution in [-0.2, 0) is 6.42 Å². The highest BCUT2D eigenvalue weighted by molar-refractivity contribution is 7.11. The van der Waals surface area contributed by atoms with Crippen LogP contribution in [0.4, 0.5) is 0 Å². The van der Waals surface area contributed by atoms with Crippen LogP contribution in [0, 0.1) is 6.92 Å². The second kappa shape index (κ2) is 6.18. The third-order valence-corrected chi connectivity index (χ3v) is 5.01. The van der Waals surface area contributed by atoms with Gasteiger partial charge in [-0.1, -0.05) is 6.92 Å². The quantitative estimate of drug-likeness (QED) is 0.901. The van der Waals surface area contributed by atoms with Crippen LogP contribution in [0.2, 0.25) is 0 Å². The summed E-state index contributed by atoms with van der Waals surface area (Å²) < 4.78 is 0. The molecule has 2 rings (SSSR count). The summed E-state index contributed by atoms with van der Waals surface area (Å²) in [7, 11) is 0. The Balaban J connectivity index is 1.99. The van der Waals surface area contributed by atoms with Crippen LogP contribution in [0.15, 0.2) is 12.1 Å². The van der Waals surface area contributed by atoms with Crippen LogP contribution in [0.5, 0.6) is 0 Å². The number of hydrogen-bond donors (Lipinski definition) is 1. The van der Waals surface area contributed by atoms with E-state index in [0.29, 0.717) is 18.1 Å². The van der Waals surface area contributed by atoms with Crippen molar-refractivity contribution in [2.45, 2.75) is 58.7 Å². The number of aryl methyl sites for hydroxylation is 1. The zero-order valence-electron chi connectivity index (χ0n) is 12.1. The molecule has 0 aromatic carbocycles. The first-order valence-corrected chi connectivity index (χ1v) is 7.96. The van der Waals surface area contributed by atoms with Gasteiger partial charge < -0.3 is 5.32 Å². The lowest BCUT2D eigenvalue weighted by molar-refractivity contribution is 0.0908. The lowest BCUT2D eigenvalue weighted by atomic mass is 10.0. The molecule has 1 N–H and O–H groups in total. The van der Waals surface area contributed by atoms with Crippen molar-refractivity contribution in [2.75, 3.05) is 13.1 Å². The smallest absolute Gasteiger partial charge is 0.0221 e. The minimum Gasteiger partial charge on any atom is -0.311 e. The van der Waals surface area contributed by atoms with Crippen LogP contribution in [0.1, 0.15) is 36.9 Å². The summed E-state index contributed by atoms with van der Waals surface area (Å²) >= 11 is 1.95. The fourth-order valence-corrected chi connectivity index (χ4v) is 3.92. The van der Waals surface area contributed by atoms with E-state index in [-0.39, 0.29) is 0 Å². The van der Waals surface area contributed by atoms with Crippen molar-refractivity contribution in [1.29, 1.82) is 0 Å². The van der Waals surface area contributed by atoms with Gasteiger partial charge in [-0.3, -0.25) is 4.90 Å². The van der Waals surface area contributed by atoms with Crippen molar-refractivity contribution in [2.24, 2.45) is 0 Å². The van der Waals surface area contributed by atoms with Crippen LogP contribution in [-0.4, -0.2) is 36.1 Å². The van der Waals surface area contributed by atoms with Crippen molar-refractivity contribution >= 4 is 11.3 Å². The van der Waals surface area contributed by atoms with E-state index in [9.17, 15) is 0 Å². The van der Waals surface area contributed by atoms with Crippen molar-refractivity contribution in [3.8, 4) is 0 Å². The maximum atomic E-state index is 3.60. The third kappa shape index (κ3) is 3.34. The van der Waals surface area contributed by atoms with Gasteiger partial charge in [0.25, 0.3) is 0 Å². The first-order chi connectivity index (χ1) is 8.60. The number of piperazine rings is 1. The Labute approximate surface area is 115 Å². The van der Waals surface area contributed by atoms with Gasteiger partial charge in [0.1, 0.15) is 0 Å². The average molecular weight is 266 g/mol. The lowest BCUT2D eigenvalue weighted by Crippen LogP contribution is -2.58. The lowest BCUT2D eigenvalue weighted by Gasteiger charge is -2.42. The molecule has 1 aromatic heterocycles. The molecule has 0 aliphatic carbocycles. The van der Waals surface area contributed by atoms with E-state index in [4.69, 9.17) is 0 Å². The molecule has 0 amide bonds. The molecule has 1 aromatic rings. The summed E-state index contributed by atoms with van der Waals surface area (Å²) in [6.45, 7) is 11.5. The fourth-order valence-electron chi connectivity index (χ4n) is 2.91. The molecule has 2 nitrogen and oxygen atoms in total. The van der Waals surface area contributed by atoms with Crippen molar-refractivity contribution in [1.82, 2.24) is 10.2 Å². The van der Waals surface area contributed by atoms with Gasteiger partial charge in [-0.2, -0.15) is 0 Å². The summed E-state index contributed by atoms with van der Waals surface area (Å²) in [5.41, 5.74) is 0. The van der Waals surface area contributed by atoms with Crippen molar-refractivity contribution in [3.63, 3.8) is 0 Å². The summed E-state index contributed by atoms with van der Waals surface area (Å²) in [5.74, 6) is 0. The number of nitrogens with one attached hydrogen (secondary N) is 1. The van der Waals surface area contributed by atoms with Gasteiger partial charge in [0.2, 0.25) is 0 Å². The molecule has 3 unspecified atom stereocenters. The average Bonchev–Trinajstić information content (AvgIpc) is 2.74. The summed E-state index contributed by atoms with van der Waals surface area (Å²) in [4.78, 5) is 5.66. The zero-order valence-corrected chi connectivity index (χ0v) is 12.9. The SMILES string of the molecule is CCC1CNC(C)CN1C(C)Cc1ccc(C)s1. The first kappa shape index (κ1) is 14.0. The predicted octanol–water partition coefficient (Wildman–Crippen LogP) is 3.06. The maximum absolute atomic E-state index is 3.60. The van der Waals surface area contributed by atoms with Gasteiger partial charge in [0, 0.05) is 41.0 Å². The zero-order chi connectivity index (χ0) is 13.1. The minimum atomic E-state index is 0.625. The monoisotopic (exact) mass is 266 g/mol. The molecule has 18 heavy (non-hydrogen) atoms. The Bertz CT molecular complexity index is 374. The first-order valence-electron chi connectivity index (χ1n) is 7.14. The van der Waals surface area contributed by atoms with Crippen LogP contribution >= 0.6 is 11.3 Å². The molecule has 0 saturated carbocycles. The predicted molar refractivity (Wildman–Crippen MR) is 80.5 cm³/mol. The van der Waals surface area contributed by atoms with E-state index in [1.54, 1.807) is 0 Å². The molecule has 102 valence electrons. The van der Waals surface area contributed by atoms with E-state index in [1.807, 2.05) is 11.3 Å². The van der Waals surface area contributed by atoms with E-state index in [0.717, 1.165) is 6.54 Å². The highest BCUT2D eigenvalue weighted by Gasteiger charge is 2.28. The molecule has 2 heterocycles. The van der Waals surface area contributed by atoms with E-state index >= 15 is 0 Å². The molecule has 3 atom stereocenters. The van der Waals surface area contributed by atoms with Crippen molar-refractivity contribution in [3.05, 3.63) is 21.9 Å². The highest BCUT2D eigenvalue weighted by Crippen LogP contribution is 2.21. The topological polar surface area (TPSA) is 15.3 Å². The molecular weight excluding hydrogens is 240 g/mol. The second-order valence-corrected chi connectivity index (χ2v) is 7.01. The number of thiophene rings is 1. The van der Waals surface area contributed by atoms with Gasteiger partial charge in [0.05, 0.1) is 0 Å². The van der Waals surface area contributed by atoms with Gasteiger partial charge in [-0.15, -0.1) is 11.3 Å². The molecule has 1 fully saturated rings. The van der Waals surface area contributed by atoms with Gasteiger partial charge in [0.15, 0.2) is 0 Å². The molecular formula is C15H26N2S. The largest absolute Gasteiger partial charge is 0.311 e. The van der Waals surface area contributed by atoms with Gasteiger partial charge >= 0.3 is 0 Å². The van der Waals surface area contributed by atoms with Gasteiger partial charge in [-0.25, -0.2) is 0 Å². The Kier molecular flexibility index (Phi) is 4.82. The summed E-state index contributed by atoms with van der Waals surface area (Å²) in [6, 6.07) is 6.52. The molecule has 3 heteroatoms. The number of rotatable bonds is 4. The van der Waals surface area contributed by atoms with Crippen LogP contribution in [0.3, 0.4) is 0 Å². The third-order valence-electron chi connectivity index (χ3n) is 3.99. The normalized spacial score (nSPS) is 27.3. The highest BCUT2D eigenvalue weighted by atomic mass is 32.1. The Morgan fingerprint density at radius 3 is 2.89 bits per heavy atom. The van der Waals surface area contributed by atoms with E-state index in [2.05, 4.69) is 50.0 Å². The number of nitrogens with zero attached hydrogens (tertiary/aromatic N) is 1. The molecule has 0 bridgehead atoms. The van der Waals surface area contributed by atoms with Crippen LogP contribution < -0.4 is 5.32 Å². The summed E-state index contributed by atoms with van der Waals surface area (Å²) in [6.07, 6.45) is 2.44. The Morgan fingerprint density at radius 1 is 1.50 bits per heavy atom. The second-order valence-electron chi connectivity index (χ2n) is 5.63. The van der Waals surface area contributed by atoms with Crippen molar-refractivity contribution < 1.29 is 0 Å². The molecule has 0 radical (unpaired) electrons. The van der Waals surface area contributed by atoms with Crippen LogP contribution in [0.25, 0.3) is 0 Å². The molecule has 1 saturated heterocycles. The van der Waals surface area contributed by atoms with Gasteiger partial charge in [-0.05, 0) is 45.7 Å². The number of hydrogen-bond acceptors (Lipinski definition) is 3. The summed E-state index contributed by atoms with van der Waals surface area (Å²) in [5, 5.41) is 3.60. The molecule has 0 spiro atoms. The molecule has 1 aliphatic rings. The molecule has 1 aliphatic heterocycles. The Morgan fingerprint density at radius 2 is 2.28 bits per heavy atom. The van der Waals surface area contributed by atoms with E-state index < -0.39 is 0 Å². The maximum Gasteiger partial charge on any atom is 0.0221 e. The van der Waals surface area contributed by atoms with E-state index in [1.165, 1.54) is 29.1 Å². The standard InChI is InChI=1S/C15H26N2S/c1-5-14-9-16-11(2)10-17(14)12(3)8-15-7-6-13(4)18-15/h6-7,11-12,14,16H,5,8-10H2,1-4H3. The fraction of sp³-hybridized carbons (Fsp3) is 0.733.